The first kappa shape index (κ1) is 11.0. The predicted octanol–water partition coefficient (Wildman–Crippen LogP) is 3.01. The summed E-state index contributed by atoms with van der Waals surface area (Å²) in [4.78, 5) is 0. The normalized spacial score (nSPS) is 10.7. The standard InChI is InChI=1S/C11H11ClFN3/c1-2-9-10(11(14)16-15-9)7-4-3-6(13)5-8(7)12/h3-5H,2H2,1H3,(H3,14,15,16). The number of aryl methyl sites for hydroxylation is 1. The number of hydrogen-bond acceptors (Lipinski definition) is 2. The van der Waals surface area contributed by atoms with Gasteiger partial charge in [0.05, 0.1) is 5.02 Å². The van der Waals surface area contributed by atoms with Crippen LogP contribution in [0, 0.1) is 5.82 Å². The highest BCUT2D eigenvalue weighted by Crippen LogP contribution is 2.34. The number of anilines is 1. The highest BCUT2D eigenvalue weighted by atomic mass is 35.5. The van der Waals surface area contributed by atoms with Crippen molar-refractivity contribution >= 4 is 17.4 Å². The number of nitrogen functional groups attached to an aromatic ring is 1. The van der Waals surface area contributed by atoms with E-state index in [1.165, 1.54) is 12.1 Å². The third-order valence-electron chi connectivity index (χ3n) is 2.42. The van der Waals surface area contributed by atoms with Crippen LogP contribution in [-0.4, -0.2) is 10.2 Å². The quantitative estimate of drug-likeness (QED) is 0.847. The molecule has 0 radical (unpaired) electrons. The van der Waals surface area contributed by atoms with E-state index in [-0.39, 0.29) is 5.82 Å². The Bertz CT molecular complexity index is 522. The van der Waals surface area contributed by atoms with E-state index in [9.17, 15) is 4.39 Å². The first-order valence-corrected chi connectivity index (χ1v) is 5.29. The van der Waals surface area contributed by atoms with E-state index in [0.29, 0.717) is 16.4 Å². The van der Waals surface area contributed by atoms with Gasteiger partial charge < -0.3 is 5.73 Å². The van der Waals surface area contributed by atoms with Crippen molar-refractivity contribution in [2.75, 3.05) is 5.73 Å². The molecule has 1 heterocycles. The van der Waals surface area contributed by atoms with E-state index >= 15 is 0 Å². The summed E-state index contributed by atoms with van der Waals surface area (Å²) in [5.41, 5.74) is 8.11. The van der Waals surface area contributed by atoms with Gasteiger partial charge in [-0.2, -0.15) is 5.10 Å². The zero-order chi connectivity index (χ0) is 11.7. The molecule has 84 valence electrons. The Kier molecular flexibility index (Phi) is 2.83. The summed E-state index contributed by atoms with van der Waals surface area (Å²) in [6, 6.07) is 4.23. The molecule has 0 atom stereocenters. The van der Waals surface area contributed by atoms with Gasteiger partial charge in [-0.1, -0.05) is 18.5 Å². The van der Waals surface area contributed by atoms with Gasteiger partial charge in [0.15, 0.2) is 5.82 Å². The number of aromatic amines is 1. The van der Waals surface area contributed by atoms with Crippen molar-refractivity contribution in [2.24, 2.45) is 0 Å². The molecule has 0 saturated heterocycles. The van der Waals surface area contributed by atoms with E-state index in [1.54, 1.807) is 6.07 Å². The Morgan fingerprint density at radius 3 is 2.88 bits per heavy atom. The van der Waals surface area contributed by atoms with Crippen molar-refractivity contribution in [1.82, 2.24) is 10.2 Å². The van der Waals surface area contributed by atoms with Crippen molar-refractivity contribution in [2.45, 2.75) is 13.3 Å². The van der Waals surface area contributed by atoms with E-state index in [0.717, 1.165) is 17.7 Å². The molecule has 0 aliphatic rings. The number of hydrogen-bond donors (Lipinski definition) is 2. The molecule has 0 unspecified atom stereocenters. The minimum atomic E-state index is -0.367. The number of rotatable bonds is 2. The van der Waals surface area contributed by atoms with Crippen LogP contribution in [0.5, 0.6) is 0 Å². The minimum Gasteiger partial charge on any atom is -0.382 e. The van der Waals surface area contributed by atoms with Gasteiger partial charge >= 0.3 is 0 Å². The lowest BCUT2D eigenvalue weighted by Gasteiger charge is -2.05. The van der Waals surface area contributed by atoms with Gasteiger partial charge in [0.2, 0.25) is 0 Å². The SMILES string of the molecule is CCc1[nH]nc(N)c1-c1ccc(F)cc1Cl. The summed E-state index contributed by atoms with van der Waals surface area (Å²) in [5.74, 6) is 0.0132. The second-order valence-electron chi connectivity index (χ2n) is 3.44. The van der Waals surface area contributed by atoms with Crippen LogP contribution in [0.15, 0.2) is 18.2 Å². The number of halogens is 2. The lowest BCUT2D eigenvalue weighted by atomic mass is 10.0. The van der Waals surface area contributed by atoms with Crippen LogP contribution in [0.3, 0.4) is 0 Å². The van der Waals surface area contributed by atoms with E-state index in [1.807, 2.05) is 6.92 Å². The fourth-order valence-electron chi connectivity index (χ4n) is 1.64. The second kappa shape index (κ2) is 4.14. The summed E-state index contributed by atoms with van der Waals surface area (Å²) in [6.07, 6.45) is 0.757. The fourth-order valence-corrected chi connectivity index (χ4v) is 1.90. The summed E-state index contributed by atoms with van der Waals surface area (Å²) in [5, 5.41) is 7.10. The lowest BCUT2D eigenvalue weighted by molar-refractivity contribution is 0.628. The Hall–Kier alpha value is -1.55. The highest BCUT2D eigenvalue weighted by molar-refractivity contribution is 6.33. The molecule has 0 aliphatic heterocycles. The molecule has 2 aromatic rings. The largest absolute Gasteiger partial charge is 0.382 e. The molecule has 3 N–H and O–H groups in total. The molecular formula is C11H11ClFN3. The fraction of sp³-hybridized carbons (Fsp3) is 0.182. The maximum absolute atomic E-state index is 12.9. The van der Waals surface area contributed by atoms with Gasteiger partial charge in [-0.25, -0.2) is 4.39 Å². The van der Waals surface area contributed by atoms with Crippen LogP contribution >= 0.6 is 11.6 Å². The highest BCUT2D eigenvalue weighted by Gasteiger charge is 2.14. The first-order chi connectivity index (χ1) is 7.63. The number of nitrogens with one attached hydrogen (secondary N) is 1. The van der Waals surface area contributed by atoms with E-state index < -0.39 is 0 Å². The average molecular weight is 240 g/mol. The topological polar surface area (TPSA) is 54.7 Å². The van der Waals surface area contributed by atoms with Crippen molar-refractivity contribution in [3.05, 3.63) is 34.7 Å². The van der Waals surface area contributed by atoms with Gasteiger partial charge in [-0.3, -0.25) is 5.10 Å². The second-order valence-corrected chi connectivity index (χ2v) is 3.85. The zero-order valence-electron chi connectivity index (χ0n) is 8.72. The van der Waals surface area contributed by atoms with Crippen LogP contribution < -0.4 is 5.73 Å². The Morgan fingerprint density at radius 2 is 2.25 bits per heavy atom. The van der Waals surface area contributed by atoms with Gasteiger partial charge in [-0.05, 0) is 24.6 Å². The van der Waals surface area contributed by atoms with E-state index in [4.69, 9.17) is 17.3 Å². The number of aromatic nitrogens is 2. The Morgan fingerprint density at radius 1 is 1.50 bits per heavy atom. The number of nitrogens with zero attached hydrogens (tertiary/aromatic N) is 1. The maximum atomic E-state index is 12.9. The Labute approximate surface area is 97.4 Å². The molecule has 1 aromatic carbocycles. The molecule has 0 bridgehead atoms. The van der Waals surface area contributed by atoms with Crippen LogP contribution in [-0.2, 0) is 6.42 Å². The van der Waals surface area contributed by atoms with Crippen LogP contribution in [0.1, 0.15) is 12.6 Å². The molecule has 5 heteroatoms. The Balaban J connectivity index is 2.62. The van der Waals surface area contributed by atoms with Crippen LogP contribution in [0.25, 0.3) is 11.1 Å². The average Bonchev–Trinajstić information content (AvgIpc) is 2.60. The van der Waals surface area contributed by atoms with Crippen LogP contribution in [0.2, 0.25) is 5.02 Å². The molecule has 0 aliphatic carbocycles. The van der Waals surface area contributed by atoms with E-state index in [2.05, 4.69) is 10.2 Å². The van der Waals surface area contributed by atoms with Crippen molar-refractivity contribution in [3.63, 3.8) is 0 Å². The number of benzene rings is 1. The summed E-state index contributed by atoms with van der Waals surface area (Å²) < 4.78 is 12.9. The number of nitrogens with two attached hydrogens (primary N) is 1. The minimum absolute atomic E-state index is 0.336. The summed E-state index contributed by atoms with van der Waals surface area (Å²) in [7, 11) is 0. The van der Waals surface area contributed by atoms with Crippen LogP contribution in [0.4, 0.5) is 10.2 Å². The molecule has 0 saturated carbocycles. The van der Waals surface area contributed by atoms with Gasteiger partial charge in [-0.15, -0.1) is 0 Å². The third-order valence-corrected chi connectivity index (χ3v) is 2.74. The molecule has 0 spiro atoms. The van der Waals surface area contributed by atoms with Crippen molar-refractivity contribution in [3.8, 4) is 11.1 Å². The monoisotopic (exact) mass is 239 g/mol. The molecule has 16 heavy (non-hydrogen) atoms. The third kappa shape index (κ3) is 1.76. The van der Waals surface area contributed by atoms with Gasteiger partial charge in [0.1, 0.15) is 5.82 Å². The van der Waals surface area contributed by atoms with Crippen molar-refractivity contribution in [1.29, 1.82) is 0 Å². The lowest BCUT2D eigenvalue weighted by Crippen LogP contribution is -1.91. The summed E-state index contributed by atoms with van der Waals surface area (Å²) >= 11 is 5.98. The first-order valence-electron chi connectivity index (χ1n) is 4.91. The molecule has 0 fully saturated rings. The maximum Gasteiger partial charge on any atom is 0.153 e. The summed E-state index contributed by atoms with van der Waals surface area (Å²) in [6.45, 7) is 1.98. The number of H-pyrrole nitrogens is 1. The van der Waals surface area contributed by atoms with Crippen molar-refractivity contribution < 1.29 is 4.39 Å². The smallest absolute Gasteiger partial charge is 0.153 e. The molecule has 2 rings (SSSR count). The molecule has 0 amide bonds. The zero-order valence-corrected chi connectivity index (χ0v) is 9.48. The van der Waals surface area contributed by atoms with Gasteiger partial charge in [0, 0.05) is 16.8 Å². The van der Waals surface area contributed by atoms with Gasteiger partial charge in [0.25, 0.3) is 0 Å². The predicted molar refractivity (Wildman–Crippen MR) is 62.8 cm³/mol. The molecule has 3 nitrogen and oxygen atoms in total. The molecular weight excluding hydrogens is 229 g/mol. The molecule has 1 aromatic heterocycles.